The highest BCUT2D eigenvalue weighted by atomic mass is 32.2. The van der Waals surface area contributed by atoms with Crippen LogP contribution in [0.3, 0.4) is 0 Å². The van der Waals surface area contributed by atoms with Crippen molar-refractivity contribution in [3.8, 4) is 0 Å². The van der Waals surface area contributed by atoms with Crippen LogP contribution in [0.25, 0.3) is 0 Å². The van der Waals surface area contributed by atoms with Crippen LogP contribution in [-0.4, -0.2) is 75.6 Å². The van der Waals surface area contributed by atoms with Crippen LogP contribution >= 0.6 is 12.6 Å². The van der Waals surface area contributed by atoms with E-state index in [2.05, 4.69) is 29.8 Å². The first-order chi connectivity index (χ1) is 11.5. The molecule has 2 aliphatic rings. The molecule has 3 rings (SSSR count). The Morgan fingerprint density at radius 1 is 1.33 bits per heavy atom. The molecule has 0 aliphatic carbocycles. The topological polar surface area (TPSA) is 61.9 Å². The monoisotopic (exact) mass is 371 g/mol. The van der Waals surface area contributed by atoms with Crippen molar-refractivity contribution in [3.05, 3.63) is 24.3 Å². The van der Waals surface area contributed by atoms with E-state index >= 15 is 0 Å². The summed E-state index contributed by atoms with van der Waals surface area (Å²) in [5.41, 5.74) is 0. The Kier molecular flexibility index (Phi) is 5.84. The molecule has 2 saturated heterocycles. The second-order valence-electron chi connectivity index (χ2n) is 6.40. The van der Waals surface area contributed by atoms with Gasteiger partial charge in [0.25, 0.3) is 0 Å². The maximum absolute atomic E-state index is 12.9. The summed E-state index contributed by atoms with van der Waals surface area (Å²) in [6.45, 7) is 6.98. The van der Waals surface area contributed by atoms with Gasteiger partial charge in [-0.05, 0) is 19.1 Å². The molecule has 0 spiro atoms. The lowest BCUT2D eigenvalue weighted by Gasteiger charge is -2.39. The molecule has 2 aliphatic heterocycles. The van der Waals surface area contributed by atoms with Crippen molar-refractivity contribution in [1.29, 1.82) is 0 Å². The van der Waals surface area contributed by atoms with Crippen molar-refractivity contribution < 1.29 is 13.2 Å². The molecule has 1 aromatic rings. The lowest BCUT2D eigenvalue weighted by atomic mass is 10.2. The van der Waals surface area contributed by atoms with Gasteiger partial charge in [0.1, 0.15) is 0 Å². The fourth-order valence-corrected chi connectivity index (χ4v) is 5.34. The zero-order valence-corrected chi connectivity index (χ0v) is 15.6. The van der Waals surface area contributed by atoms with E-state index in [0.29, 0.717) is 30.6 Å². The second-order valence-corrected chi connectivity index (χ2v) is 8.79. The molecule has 24 heavy (non-hydrogen) atoms. The number of piperazine rings is 1. The van der Waals surface area contributed by atoms with Crippen LogP contribution < -0.4 is 5.32 Å². The molecular formula is C16H25N3O3S2. The van der Waals surface area contributed by atoms with Crippen LogP contribution in [-0.2, 0) is 14.8 Å². The van der Waals surface area contributed by atoms with E-state index in [0.717, 1.165) is 26.3 Å². The third kappa shape index (κ3) is 3.95. The number of hydrogen-bond acceptors (Lipinski definition) is 6. The molecule has 0 saturated carbocycles. The Labute approximate surface area is 149 Å². The summed E-state index contributed by atoms with van der Waals surface area (Å²) in [5.74, 6) is 0. The zero-order chi connectivity index (χ0) is 17.2. The van der Waals surface area contributed by atoms with Crippen molar-refractivity contribution in [3.63, 3.8) is 0 Å². The molecule has 1 aromatic carbocycles. The standard InChI is InChI=1S/C16H25N3O3S2/c1-13-12-22-9-8-18(13)10-14-11-19(7-6-17-14)24(20,21)16-5-3-2-4-15(16)23/h2-5,13-14,17,23H,6-12H2,1H3/t13-,14-/m0/s1. The van der Waals surface area contributed by atoms with Gasteiger partial charge in [0.15, 0.2) is 0 Å². The fraction of sp³-hybridized carbons (Fsp3) is 0.625. The van der Waals surface area contributed by atoms with Crippen molar-refractivity contribution in [2.24, 2.45) is 0 Å². The minimum Gasteiger partial charge on any atom is -0.379 e. The van der Waals surface area contributed by atoms with Crippen LogP contribution in [0.5, 0.6) is 0 Å². The normalized spacial score (nSPS) is 27.2. The van der Waals surface area contributed by atoms with E-state index in [1.807, 2.05) is 0 Å². The highest BCUT2D eigenvalue weighted by Gasteiger charge is 2.32. The molecule has 0 amide bonds. The van der Waals surface area contributed by atoms with Crippen LogP contribution in [0, 0.1) is 0 Å². The van der Waals surface area contributed by atoms with Gasteiger partial charge in [-0.2, -0.15) is 4.31 Å². The van der Waals surface area contributed by atoms with Gasteiger partial charge in [-0.1, -0.05) is 12.1 Å². The summed E-state index contributed by atoms with van der Waals surface area (Å²) in [6, 6.07) is 7.36. The van der Waals surface area contributed by atoms with Crippen LogP contribution in [0.15, 0.2) is 34.1 Å². The van der Waals surface area contributed by atoms with Gasteiger partial charge in [0, 0.05) is 49.7 Å². The molecule has 2 fully saturated rings. The largest absolute Gasteiger partial charge is 0.379 e. The Bertz CT molecular complexity index is 668. The molecule has 2 atom stereocenters. The fourth-order valence-electron chi connectivity index (χ4n) is 3.27. The number of benzene rings is 1. The zero-order valence-electron chi connectivity index (χ0n) is 13.9. The van der Waals surface area contributed by atoms with E-state index in [1.165, 1.54) is 0 Å². The van der Waals surface area contributed by atoms with E-state index in [4.69, 9.17) is 4.74 Å². The first-order valence-corrected chi connectivity index (χ1v) is 10.2. The summed E-state index contributed by atoms with van der Waals surface area (Å²) in [6.07, 6.45) is 0. The molecule has 0 bridgehead atoms. The third-order valence-corrected chi connectivity index (χ3v) is 7.13. The van der Waals surface area contributed by atoms with Gasteiger partial charge < -0.3 is 10.1 Å². The number of hydrogen-bond donors (Lipinski definition) is 2. The second kappa shape index (κ2) is 7.72. The highest BCUT2D eigenvalue weighted by molar-refractivity contribution is 7.90. The quantitative estimate of drug-likeness (QED) is 0.762. The van der Waals surface area contributed by atoms with Crippen LogP contribution in [0.1, 0.15) is 6.92 Å². The number of morpholine rings is 1. The number of nitrogens with zero attached hydrogens (tertiary/aromatic N) is 2. The number of thiol groups is 1. The molecule has 6 nitrogen and oxygen atoms in total. The van der Waals surface area contributed by atoms with Gasteiger partial charge in [0.2, 0.25) is 10.0 Å². The first-order valence-electron chi connectivity index (χ1n) is 8.32. The molecule has 134 valence electrons. The van der Waals surface area contributed by atoms with Crippen molar-refractivity contribution in [2.45, 2.75) is 28.8 Å². The lowest BCUT2D eigenvalue weighted by molar-refractivity contribution is -0.00617. The third-order valence-electron chi connectivity index (χ3n) is 4.66. The SMILES string of the molecule is C[C@H]1COCCN1C[C@H]1CN(S(=O)(=O)c2ccccc2S)CCN1. The predicted molar refractivity (Wildman–Crippen MR) is 96.1 cm³/mol. The molecule has 0 unspecified atom stereocenters. The summed E-state index contributed by atoms with van der Waals surface area (Å²) in [7, 11) is -3.51. The number of rotatable bonds is 4. The van der Waals surface area contributed by atoms with Crippen LogP contribution in [0.4, 0.5) is 0 Å². The predicted octanol–water partition coefficient (Wildman–Crippen LogP) is 0.658. The minimum atomic E-state index is -3.51. The minimum absolute atomic E-state index is 0.126. The summed E-state index contributed by atoms with van der Waals surface area (Å²) < 4.78 is 32.9. The molecule has 0 radical (unpaired) electrons. The molecular weight excluding hydrogens is 346 g/mol. The van der Waals surface area contributed by atoms with Gasteiger partial charge in [-0.3, -0.25) is 4.90 Å². The van der Waals surface area contributed by atoms with Gasteiger partial charge >= 0.3 is 0 Å². The average molecular weight is 372 g/mol. The van der Waals surface area contributed by atoms with E-state index in [9.17, 15) is 8.42 Å². The summed E-state index contributed by atoms with van der Waals surface area (Å²) in [4.78, 5) is 3.15. The molecule has 0 aromatic heterocycles. The smallest absolute Gasteiger partial charge is 0.244 e. The van der Waals surface area contributed by atoms with Gasteiger partial charge in [0.05, 0.1) is 18.1 Å². The molecule has 8 heteroatoms. The Morgan fingerprint density at radius 2 is 2.12 bits per heavy atom. The highest BCUT2D eigenvalue weighted by Crippen LogP contribution is 2.24. The van der Waals surface area contributed by atoms with Gasteiger partial charge in [-0.25, -0.2) is 8.42 Å². The Balaban J connectivity index is 1.70. The Hall–Kier alpha value is -0.640. The summed E-state index contributed by atoms with van der Waals surface area (Å²) in [5, 5.41) is 3.45. The molecule has 2 heterocycles. The van der Waals surface area contributed by atoms with Crippen molar-refractivity contribution >= 4 is 22.7 Å². The van der Waals surface area contributed by atoms with E-state index < -0.39 is 10.0 Å². The number of nitrogens with one attached hydrogen (secondary N) is 1. The van der Waals surface area contributed by atoms with E-state index in [-0.39, 0.29) is 10.9 Å². The lowest BCUT2D eigenvalue weighted by Crippen LogP contribution is -2.58. The molecule has 1 N–H and O–H groups in total. The number of ether oxygens (including phenoxy) is 1. The number of sulfonamides is 1. The Morgan fingerprint density at radius 3 is 2.88 bits per heavy atom. The van der Waals surface area contributed by atoms with Crippen LogP contribution in [0.2, 0.25) is 0 Å². The summed E-state index contributed by atoms with van der Waals surface area (Å²) >= 11 is 4.31. The van der Waals surface area contributed by atoms with E-state index in [1.54, 1.807) is 28.6 Å². The maximum Gasteiger partial charge on any atom is 0.244 e. The first kappa shape index (κ1) is 18.2. The van der Waals surface area contributed by atoms with Gasteiger partial charge in [-0.15, -0.1) is 12.6 Å². The van der Waals surface area contributed by atoms with Crippen molar-refractivity contribution in [1.82, 2.24) is 14.5 Å². The average Bonchev–Trinajstić information content (AvgIpc) is 2.57. The maximum atomic E-state index is 12.9. The van der Waals surface area contributed by atoms with Crippen molar-refractivity contribution in [2.75, 3.05) is 45.9 Å².